The van der Waals surface area contributed by atoms with E-state index in [9.17, 15) is 13.6 Å². The molecule has 3 rings (SSSR count). The van der Waals surface area contributed by atoms with Crippen LogP contribution in [0.5, 0.6) is 0 Å². The molecule has 2 heterocycles. The molecule has 4 nitrogen and oxygen atoms in total. The molecule has 0 saturated carbocycles. The van der Waals surface area contributed by atoms with Crippen LogP contribution in [-0.4, -0.2) is 28.9 Å². The molecule has 0 radical (unpaired) electrons. The molecular weight excluding hydrogens is 326 g/mol. The third-order valence-electron chi connectivity index (χ3n) is 4.52. The van der Waals surface area contributed by atoms with Crippen LogP contribution < -0.4 is 0 Å². The highest BCUT2D eigenvalue weighted by Gasteiger charge is 2.25. The van der Waals surface area contributed by atoms with Gasteiger partial charge in [-0.1, -0.05) is 13.8 Å². The average molecular weight is 348 g/mol. The molecule has 1 aliphatic heterocycles. The number of piperidine rings is 1. The Morgan fingerprint density at radius 1 is 1.28 bits per heavy atom. The number of oxazole rings is 1. The zero-order chi connectivity index (χ0) is 18.0. The van der Waals surface area contributed by atoms with Crippen LogP contribution in [0.1, 0.15) is 32.6 Å². The minimum absolute atomic E-state index is 0.0890. The Balaban J connectivity index is 1.61. The number of aryl methyl sites for hydroxylation is 1. The van der Waals surface area contributed by atoms with Crippen LogP contribution in [0.4, 0.5) is 8.78 Å². The molecule has 25 heavy (non-hydrogen) atoms. The van der Waals surface area contributed by atoms with Crippen molar-refractivity contribution in [3.63, 3.8) is 0 Å². The van der Waals surface area contributed by atoms with E-state index in [0.717, 1.165) is 25.6 Å². The number of rotatable bonds is 4. The number of nitrogens with zero attached hydrogens (tertiary/aromatic N) is 2. The number of likely N-dealkylation sites (tertiary alicyclic amines) is 1. The lowest BCUT2D eigenvalue weighted by Gasteiger charge is -2.35. The van der Waals surface area contributed by atoms with E-state index in [4.69, 9.17) is 4.42 Å². The topological polar surface area (TPSA) is 46.3 Å². The lowest BCUT2D eigenvalue weighted by atomic mass is 9.91. The van der Waals surface area contributed by atoms with Crippen LogP contribution in [0.25, 0.3) is 11.3 Å². The van der Waals surface area contributed by atoms with Crippen molar-refractivity contribution in [2.24, 2.45) is 11.8 Å². The van der Waals surface area contributed by atoms with Crippen molar-refractivity contribution in [1.29, 1.82) is 0 Å². The van der Waals surface area contributed by atoms with Gasteiger partial charge >= 0.3 is 0 Å². The summed E-state index contributed by atoms with van der Waals surface area (Å²) in [6.45, 7) is 5.91. The maximum Gasteiger partial charge on any atom is 0.223 e. The van der Waals surface area contributed by atoms with Gasteiger partial charge in [0.1, 0.15) is 11.6 Å². The summed E-state index contributed by atoms with van der Waals surface area (Å²) in [7, 11) is 0. The van der Waals surface area contributed by atoms with Gasteiger partial charge in [0.25, 0.3) is 0 Å². The molecule has 6 heteroatoms. The Hall–Kier alpha value is -2.24. The molecule has 0 aliphatic carbocycles. The Morgan fingerprint density at radius 3 is 2.68 bits per heavy atom. The molecule has 0 bridgehead atoms. The fourth-order valence-electron chi connectivity index (χ4n) is 3.48. The first-order valence-electron chi connectivity index (χ1n) is 8.60. The largest absolute Gasteiger partial charge is 0.441 e. The third kappa shape index (κ3) is 4.24. The highest BCUT2D eigenvalue weighted by molar-refractivity contribution is 5.76. The number of carbonyl (C=O) groups is 1. The van der Waals surface area contributed by atoms with Crippen molar-refractivity contribution < 1.29 is 18.0 Å². The second-order valence-electron chi connectivity index (χ2n) is 6.99. The van der Waals surface area contributed by atoms with Crippen LogP contribution in [0, 0.1) is 23.5 Å². The normalized spacial score (nSPS) is 20.7. The zero-order valence-corrected chi connectivity index (χ0v) is 14.5. The average Bonchev–Trinajstić information content (AvgIpc) is 3.00. The Kier molecular flexibility index (Phi) is 5.16. The summed E-state index contributed by atoms with van der Waals surface area (Å²) in [5, 5.41) is 0. The Bertz CT molecular complexity index is 750. The van der Waals surface area contributed by atoms with Crippen molar-refractivity contribution in [2.75, 3.05) is 13.1 Å². The predicted molar refractivity (Wildman–Crippen MR) is 89.7 cm³/mol. The second kappa shape index (κ2) is 7.33. The molecule has 1 aliphatic rings. The van der Waals surface area contributed by atoms with Crippen LogP contribution in [0.3, 0.4) is 0 Å². The fraction of sp³-hybridized carbons (Fsp3) is 0.474. The number of hydrogen-bond acceptors (Lipinski definition) is 3. The minimum Gasteiger partial charge on any atom is -0.441 e. The zero-order valence-electron chi connectivity index (χ0n) is 14.5. The van der Waals surface area contributed by atoms with Crippen molar-refractivity contribution in [3.05, 3.63) is 41.9 Å². The number of carbonyl (C=O) groups excluding carboxylic acids is 1. The quantitative estimate of drug-likeness (QED) is 0.837. The summed E-state index contributed by atoms with van der Waals surface area (Å²) in [6, 6.07) is 3.29. The number of benzene rings is 1. The molecule has 0 N–H and O–H groups in total. The van der Waals surface area contributed by atoms with E-state index >= 15 is 0 Å². The monoisotopic (exact) mass is 348 g/mol. The Labute approximate surface area is 145 Å². The van der Waals surface area contributed by atoms with Gasteiger partial charge < -0.3 is 9.32 Å². The van der Waals surface area contributed by atoms with Crippen LogP contribution in [0.2, 0.25) is 0 Å². The molecule has 0 unspecified atom stereocenters. The number of hydrogen-bond donors (Lipinski definition) is 0. The molecule has 1 aromatic heterocycles. The van der Waals surface area contributed by atoms with Gasteiger partial charge in [0.2, 0.25) is 5.91 Å². The third-order valence-corrected chi connectivity index (χ3v) is 4.52. The van der Waals surface area contributed by atoms with E-state index in [1.54, 1.807) is 0 Å². The van der Waals surface area contributed by atoms with Crippen molar-refractivity contribution >= 4 is 5.91 Å². The van der Waals surface area contributed by atoms with Crippen molar-refractivity contribution in [2.45, 2.75) is 33.1 Å². The van der Waals surface area contributed by atoms with E-state index in [1.807, 2.05) is 4.90 Å². The van der Waals surface area contributed by atoms with Crippen molar-refractivity contribution in [1.82, 2.24) is 9.88 Å². The van der Waals surface area contributed by atoms with E-state index in [-0.39, 0.29) is 17.2 Å². The summed E-state index contributed by atoms with van der Waals surface area (Å²) < 4.78 is 32.3. The molecule has 1 aromatic carbocycles. The smallest absolute Gasteiger partial charge is 0.223 e. The van der Waals surface area contributed by atoms with Gasteiger partial charge in [-0.05, 0) is 30.4 Å². The van der Waals surface area contributed by atoms with Gasteiger partial charge in [-0.2, -0.15) is 0 Å². The Morgan fingerprint density at radius 2 is 2.00 bits per heavy atom. The SMILES string of the molecule is C[C@@H]1C[C@H](C)CN(C(=O)CCc2ncc(-c3ccc(F)cc3F)o2)C1. The van der Waals surface area contributed by atoms with E-state index in [1.165, 1.54) is 18.3 Å². The first kappa shape index (κ1) is 17.6. The molecule has 1 amide bonds. The maximum absolute atomic E-state index is 13.8. The number of aromatic nitrogens is 1. The predicted octanol–water partition coefficient (Wildman–Crippen LogP) is 4.06. The summed E-state index contributed by atoms with van der Waals surface area (Å²) >= 11 is 0. The molecule has 2 atom stereocenters. The molecule has 1 saturated heterocycles. The first-order chi connectivity index (χ1) is 11.9. The molecule has 1 fully saturated rings. The van der Waals surface area contributed by atoms with Crippen LogP contribution in [0.15, 0.2) is 28.8 Å². The van der Waals surface area contributed by atoms with Crippen LogP contribution in [-0.2, 0) is 11.2 Å². The molecular formula is C19H22F2N2O2. The molecule has 2 aromatic rings. The van der Waals surface area contributed by atoms with Gasteiger partial charge in [-0.25, -0.2) is 13.8 Å². The van der Waals surface area contributed by atoms with Gasteiger partial charge in [-0.3, -0.25) is 4.79 Å². The fourth-order valence-corrected chi connectivity index (χ4v) is 3.48. The standard InChI is InChI=1S/C19H22F2N2O2/c1-12-7-13(2)11-23(10-12)19(24)6-5-18-22-9-17(25-18)15-4-3-14(20)8-16(15)21/h3-4,8-9,12-13H,5-7,10-11H2,1-2H3/t12-,13+. The summed E-state index contributed by atoms with van der Waals surface area (Å²) in [6.07, 6.45) is 3.23. The summed E-state index contributed by atoms with van der Waals surface area (Å²) in [5.74, 6) is 0.396. The minimum atomic E-state index is -0.699. The van der Waals surface area contributed by atoms with E-state index < -0.39 is 11.6 Å². The molecule has 0 spiro atoms. The highest BCUT2D eigenvalue weighted by atomic mass is 19.1. The van der Waals surface area contributed by atoms with Gasteiger partial charge in [-0.15, -0.1) is 0 Å². The van der Waals surface area contributed by atoms with Gasteiger partial charge in [0, 0.05) is 32.0 Å². The van der Waals surface area contributed by atoms with Gasteiger partial charge in [0.15, 0.2) is 11.7 Å². The van der Waals surface area contributed by atoms with E-state index in [2.05, 4.69) is 18.8 Å². The number of amides is 1. The number of halogens is 2. The maximum atomic E-state index is 13.8. The van der Waals surface area contributed by atoms with Gasteiger partial charge in [0.05, 0.1) is 11.8 Å². The second-order valence-corrected chi connectivity index (χ2v) is 6.99. The van der Waals surface area contributed by atoms with Crippen LogP contribution >= 0.6 is 0 Å². The first-order valence-corrected chi connectivity index (χ1v) is 8.60. The molecule has 134 valence electrons. The lowest BCUT2D eigenvalue weighted by molar-refractivity contribution is -0.133. The van der Waals surface area contributed by atoms with Crippen molar-refractivity contribution in [3.8, 4) is 11.3 Å². The highest BCUT2D eigenvalue weighted by Crippen LogP contribution is 2.25. The summed E-state index contributed by atoms with van der Waals surface area (Å²) in [5.41, 5.74) is 0.158. The summed E-state index contributed by atoms with van der Waals surface area (Å²) in [4.78, 5) is 18.4. The van der Waals surface area contributed by atoms with E-state index in [0.29, 0.717) is 30.6 Å². The lowest BCUT2D eigenvalue weighted by Crippen LogP contribution is -2.42.